The molecule has 0 atom stereocenters. The Bertz CT molecular complexity index is 644. The molecule has 0 aromatic carbocycles. The van der Waals surface area contributed by atoms with E-state index in [-0.39, 0.29) is 12.1 Å². The Hall–Kier alpha value is -2.00. The second-order valence-electron chi connectivity index (χ2n) is 5.50. The molecule has 1 fully saturated rings. The fourth-order valence-electron chi connectivity index (χ4n) is 2.40. The number of nitrogens with zero attached hydrogens (tertiary/aromatic N) is 5. The van der Waals surface area contributed by atoms with E-state index in [0.29, 0.717) is 11.0 Å². The summed E-state index contributed by atoms with van der Waals surface area (Å²) in [5.74, 6) is 0.577. The van der Waals surface area contributed by atoms with Crippen molar-refractivity contribution in [3.05, 3.63) is 12.4 Å². The average molecular weight is 321 g/mol. The van der Waals surface area contributed by atoms with Gasteiger partial charge < -0.3 is 10.2 Å². The zero-order chi connectivity index (χ0) is 15.5. The third kappa shape index (κ3) is 3.60. The first-order valence-corrected chi connectivity index (χ1v) is 7.96. The molecule has 3 rings (SSSR count). The summed E-state index contributed by atoms with van der Waals surface area (Å²) in [6, 6.07) is 0.00496. The number of likely N-dealkylation sites (tertiary alicyclic amines) is 1. The molecule has 2 N–H and O–H groups in total. The number of carbonyl (C=O) groups is 1. The zero-order valence-corrected chi connectivity index (χ0v) is 13.4. The third-order valence-corrected chi connectivity index (χ3v) is 4.29. The highest BCUT2D eigenvalue weighted by Crippen LogP contribution is 2.20. The number of hydrogen-bond acceptors (Lipinski definition) is 6. The van der Waals surface area contributed by atoms with Crippen LogP contribution in [0, 0.1) is 0 Å². The van der Waals surface area contributed by atoms with E-state index in [4.69, 9.17) is 0 Å². The van der Waals surface area contributed by atoms with Gasteiger partial charge in [-0.1, -0.05) is 0 Å². The van der Waals surface area contributed by atoms with Crippen LogP contribution < -0.4 is 10.6 Å². The van der Waals surface area contributed by atoms with E-state index in [9.17, 15) is 4.79 Å². The summed E-state index contributed by atoms with van der Waals surface area (Å²) in [4.78, 5) is 18.6. The van der Waals surface area contributed by atoms with Gasteiger partial charge in [0.05, 0.1) is 11.8 Å². The Morgan fingerprint density at radius 1 is 1.36 bits per heavy atom. The van der Waals surface area contributed by atoms with Gasteiger partial charge in [-0.3, -0.25) is 10.00 Å². The largest absolute Gasteiger partial charge is 0.335 e. The minimum absolute atomic E-state index is 0.219. The summed E-state index contributed by atoms with van der Waals surface area (Å²) in [5, 5.41) is 10.3. The van der Waals surface area contributed by atoms with Gasteiger partial charge in [-0.05, 0) is 33.0 Å². The summed E-state index contributed by atoms with van der Waals surface area (Å²) in [5.41, 5.74) is 0.836. The van der Waals surface area contributed by atoms with Gasteiger partial charge >= 0.3 is 6.03 Å². The Labute approximate surface area is 132 Å². The van der Waals surface area contributed by atoms with Crippen LogP contribution >= 0.6 is 11.5 Å². The molecule has 8 nitrogen and oxygen atoms in total. The van der Waals surface area contributed by atoms with Crippen LogP contribution in [0.1, 0.15) is 12.8 Å². The number of piperidine rings is 1. The summed E-state index contributed by atoms with van der Waals surface area (Å²) < 4.78 is 5.93. The van der Waals surface area contributed by atoms with E-state index >= 15 is 0 Å². The molecule has 2 amide bonds. The molecule has 3 heterocycles. The van der Waals surface area contributed by atoms with Crippen LogP contribution in [0.3, 0.4) is 0 Å². The molecule has 2 aromatic rings. The molecule has 1 aliphatic rings. The number of aromatic nitrogens is 4. The van der Waals surface area contributed by atoms with Crippen molar-refractivity contribution in [1.29, 1.82) is 0 Å². The highest BCUT2D eigenvalue weighted by molar-refractivity contribution is 7.10. The number of amides is 2. The molecule has 118 valence electrons. The average Bonchev–Trinajstić information content (AvgIpc) is 3.10. The van der Waals surface area contributed by atoms with Gasteiger partial charge in [0.25, 0.3) is 0 Å². The van der Waals surface area contributed by atoms with Crippen LogP contribution in [0.25, 0.3) is 11.4 Å². The molecule has 0 saturated carbocycles. The van der Waals surface area contributed by atoms with E-state index in [1.807, 2.05) is 13.2 Å². The smallest absolute Gasteiger partial charge is 0.321 e. The standard InChI is InChI=1S/C13H19N7OS/c1-19-5-3-10(4-6-19)15-12(21)17-13-16-11(18-22-13)9-7-14-20(2)8-9/h7-8,10H,3-6H2,1-2H3,(H2,15,16,17,18,21). The Morgan fingerprint density at radius 3 is 2.82 bits per heavy atom. The van der Waals surface area contributed by atoms with Gasteiger partial charge in [0.15, 0.2) is 5.82 Å². The molecule has 2 aromatic heterocycles. The van der Waals surface area contributed by atoms with Gasteiger partial charge in [-0.25, -0.2) is 4.79 Å². The van der Waals surface area contributed by atoms with Gasteiger partial charge in [0, 0.05) is 30.8 Å². The molecular weight excluding hydrogens is 302 g/mol. The monoisotopic (exact) mass is 321 g/mol. The lowest BCUT2D eigenvalue weighted by atomic mass is 10.1. The number of aryl methyl sites for hydroxylation is 1. The SMILES string of the molecule is CN1CCC(NC(=O)Nc2nc(-c3cnn(C)c3)ns2)CC1. The first-order chi connectivity index (χ1) is 10.6. The fourth-order valence-corrected chi connectivity index (χ4v) is 2.98. The maximum absolute atomic E-state index is 12.0. The Morgan fingerprint density at radius 2 is 2.14 bits per heavy atom. The maximum atomic E-state index is 12.0. The van der Waals surface area contributed by atoms with Crippen molar-refractivity contribution in [2.75, 3.05) is 25.5 Å². The van der Waals surface area contributed by atoms with Gasteiger partial charge in [0.1, 0.15) is 0 Å². The molecule has 9 heteroatoms. The number of anilines is 1. The lowest BCUT2D eigenvalue weighted by Gasteiger charge is -2.29. The van der Waals surface area contributed by atoms with Crippen LogP contribution in [0.4, 0.5) is 9.93 Å². The Balaban J connectivity index is 1.55. The van der Waals surface area contributed by atoms with Crippen LogP contribution in [0.15, 0.2) is 12.4 Å². The van der Waals surface area contributed by atoms with E-state index in [1.54, 1.807) is 10.9 Å². The lowest BCUT2D eigenvalue weighted by Crippen LogP contribution is -2.44. The summed E-state index contributed by atoms with van der Waals surface area (Å²) in [6.07, 6.45) is 5.48. The highest BCUT2D eigenvalue weighted by atomic mass is 32.1. The number of carbonyl (C=O) groups excluding carboxylic acids is 1. The topological polar surface area (TPSA) is 88.0 Å². The lowest BCUT2D eigenvalue weighted by molar-refractivity contribution is 0.221. The van der Waals surface area contributed by atoms with Crippen molar-refractivity contribution in [2.24, 2.45) is 7.05 Å². The second-order valence-corrected chi connectivity index (χ2v) is 6.25. The van der Waals surface area contributed by atoms with Crippen LogP contribution in [0.2, 0.25) is 0 Å². The first-order valence-electron chi connectivity index (χ1n) is 7.19. The van der Waals surface area contributed by atoms with Crippen LogP contribution in [-0.4, -0.2) is 56.2 Å². The van der Waals surface area contributed by atoms with E-state index in [2.05, 4.69) is 37.0 Å². The van der Waals surface area contributed by atoms with Crippen molar-refractivity contribution in [1.82, 2.24) is 29.4 Å². The minimum atomic E-state index is -0.219. The predicted molar refractivity (Wildman–Crippen MR) is 84.8 cm³/mol. The van der Waals surface area contributed by atoms with Crippen molar-refractivity contribution in [3.63, 3.8) is 0 Å². The molecule has 0 spiro atoms. The fraction of sp³-hybridized carbons (Fsp3) is 0.538. The molecule has 0 bridgehead atoms. The maximum Gasteiger partial charge on any atom is 0.321 e. The minimum Gasteiger partial charge on any atom is -0.335 e. The predicted octanol–water partition coefficient (Wildman–Crippen LogP) is 1.15. The second kappa shape index (κ2) is 6.41. The highest BCUT2D eigenvalue weighted by Gasteiger charge is 2.19. The summed E-state index contributed by atoms with van der Waals surface area (Å²) in [6.45, 7) is 2.02. The summed E-state index contributed by atoms with van der Waals surface area (Å²) >= 11 is 1.17. The van der Waals surface area contributed by atoms with E-state index in [0.717, 1.165) is 31.5 Å². The van der Waals surface area contributed by atoms with Gasteiger partial charge in [-0.15, -0.1) is 0 Å². The normalized spacial score (nSPS) is 16.6. The van der Waals surface area contributed by atoms with E-state index < -0.39 is 0 Å². The van der Waals surface area contributed by atoms with Crippen molar-refractivity contribution >= 4 is 22.7 Å². The molecular formula is C13H19N7OS. The van der Waals surface area contributed by atoms with E-state index in [1.165, 1.54) is 11.5 Å². The van der Waals surface area contributed by atoms with Crippen LogP contribution in [0.5, 0.6) is 0 Å². The van der Waals surface area contributed by atoms with Crippen molar-refractivity contribution in [2.45, 2.75) is 18.9 Å². The van der Waals surface area contributed by atoms with Gasteiger partial charge in [0.2, 0.25) is 5.13 Å². The van der Waals surface area contributed by atoms with Crippen LogP contribution in [-0.2, 0) is 7.05 Å². The van der Waals surface area contributed by atoms with Crippen molar-refractivity contribution < 1.29 is 4.79 Å². The number of nitrogens with one attached hydrogen (secondary N) is 2. The number of hydrogen-bond donors (Lipinski definition) is 2. The molecule has 0 unspecified atom stereocenters. The number of rotatable bonds is 3. The molecule has 1 aliphatic heterocycles. The Kier molecular flexibility index (Phi) is 4.34. The molecule has 1 saturated heterocycles. The quantitative estimate of drug-likeness (QED) is 0.885. The molecule has 0 aliphatic carbocycles. The number of urea groups is 1. The van der Waals surface area contributed by atoms with Crippen molar-refractivity contribution in [3.8, 4) is 11.4 Å². The molecule has 22 heavy (non-hydrogen) atoms. The van der Waals surface area contributed by atoms with Gasteiger partial charge in [-0.2, -0.15) is 14.5 Å². The third-order valence-electron chi connectivity index (χ3n) is 3.66. The zero-order valence-electron chi connectivity index (χ0n) is 12.6. The first kappa shape index (κ1) is 14.9. The summed E-state index contributed by atoms with van der Waals surface area (Å²) in [7, 11) is 3.93. The molecule has 0 radical (unpaired) electrons.